The molecule has 3 amide bonds. The lowest BCUT2D eigenvalue weighted by molar-refractivity contribution is -0.142. The number of benzene rings is 4. The molecule has 4 unspecified atom stereocenters. The minimum atomic E-state index is -1.34. The Morgan fingerprint density at radius 1 is 0.580 bits per heavy atom. The second-order valence-electron chi connectivity index (χ2n) is 12.1. The third kappa shape index (κ3) is 9.48. The molecule has 0 saturated heterocycles. The molecule has 1 heterocycles. The van der Waals surface area contributed by atoms with Crippen LogP contribution in [0, 0.1) is 0 Å². The minimum absolute atomic E-state index is 0.00986. The Kier molecular flexibility index (Phi) is 11.5. The van der Waals surface area contributed by atoms with Crippen molar-refractivity contribution in [2.24, 2.45) is 5.73 Å². The number of amides is 3. The number of hydrogen-bond acceptors (Lipinski definition) is 7. The van der Waals surface area contributed by atoms with Gasteiger partial charge in [0.2, 0.25) is 17.7 Å². The fraction of sp³-hybridized carbons (Fsp3) is 0.211. The molecule has 1 aromatic heterocycles. The van der Waals surface area contributed by atoms with Crippen molar-refractivity contribution >= 4 is 34.6 Å². The maximum absolute atomic E-state index is 14.0. The maximum atomic E-state index is 14.0. The number of carboxylic acids is 1. The predicted molar refractivity (Wildman–Crippen MR) is 187 cm³/mol. The average molecular weight is 678 g/mol. The van der Waals surface area contributed by atoms with E-state index in [1.54, 1.807) is 60.8 Å². The van der Waals surface area contributed by atoms with Crippen molar-refractivity contribution in [2.75, 3.05) is 0 Å². The first-order valence-corrected chi connectivity index (χ1v) is 16.1. The topological polar surface area (TPSA) is 207 Å². The lowest BCUT2D eigenvalue weighted by Gasteiger charge is -2.25. The predicted octanol–water partition coefficient (Wildman–Crippen LogP) is 2.72. The first-order valence-electron chi connectivity index (χ1n) is 16.1. The summed E-state index contributed by atoms with van der Waals surface area (Å²) in [6.45, 7) is 0. The number of nitrogens with two attached hydrogens (primary N) is 1. The monoisotopic (exact) mass is 677 g/mol. The van der Waals surface area contributed by atoms with Crippen molar-refractivity contribution in [1.82, 2.24) is 20.9 Å². The normalized spacial score (nSPS) is 13.5. The number of hydrogen-bond donors (Lipinski definition) is 8. The largest absolute Gasteiger partial charge is 0.508 e. The van der Waals surface area contributed by atoms with Crippen molar-refractivity contribution in [3.8, 4) is 11.5 Å². The van der Waals surface area contributed by atoms with Crippen LogP contribution in [0.1, 0.15) is 22.3 Å². The zero-order valence-corrected chi connectivity index (χ0v) is 27.1. The second-order valence-corrected chi connectivity index (χ2v) is 12.1. The Morgan fingerprint density at radius 3 is 1.60 bits per heavy atom. The summed E-state index contributed by atoms with van der Waals surface area (Å²) in [5, 5.41) is 38.3. The van der Waals surface area contributed by atoms with Gasteiger partial charge in [-0.2, -0.15) is 0 Å². The van der Waals surface area contributed by atoms with Crippen LogP contribution in [-0.2, 0) is 44.9 Å². The summed E-state index contributed by atoms with van der Waals surface area (Å²) in [6.07, 6.45) is 1.96. The van der Waals surface area contributed by atoms with E-state index in [1.165, 1.54) is 24.3 Å². The SMILES string of the molecule is NC(Cc1c[nH]c2ccccc12)C(=O)NC(Cc1ccc(O)cc1)C(=O)NC(Cc1ccccc1)C(=O)NC(Cc1ccc(O)cc1)C(=O)O. The van der Waals surface area contributed by atoms with Crippen molar-refractivity contribution in [3.63, 3.8) is 0 Å². The van der Waals surface area contributed by atoms with E-state index in [9.17, 15) is 34.5 Å². The smallest absolute Gasteiger partial charge is 0.326 e. The van der Waals surface area contributed by atoms with E-state index in [2.05, 4.69) is 20.9 Å². The molecule has 0 radical (unpaired) electrons. The summed E-state index contributed by atoms with van der Waals surface area (Å²) in [7, 11) is 0. The molecule has 0 aliphatic rings. The van der Waals surface area contributed by atoms with E-state index >= 15 is 0 Å². The van der Waals surface area contributed by atoms with Gasteiger partial charge in [0, 0.05) is 36.4 Å². The number of aromatic nitrogens is 1. The Hall–Kier alpha value is -6.14. The number of para-hydroxylation sites is 1. The van der Waals surface area contributed by atoms with Crippen LogP contribution in [0.25, 0.3) is 10.9 Å². The zero-order valence-electron chi connectivity index (χ0n) is 27.1. The Balaban J connectivity index is 1.35. The fourth-order valence-electron chi connectivity index (χ4n) is 5.66. The van der Waals surface area contributed by atoms with Gasteiger partial charge in [-0.15, -0.1) is 0 Å². The summed E-state index contributed by atoms with van der Waals surface area (Å²) < 4.78 is 0. The van der Waals surface area contributed by atoms with Gasteiger partial charge in [0.05, 0.1) is 6.04 Å². The standard InChI is InChI=1S/C38H39N5O7/c39-30(21-26-22-40-31-9-5-4-8-29(26)31)35(46)41-32(19-24-10-14-27(44)15-11-24)36(47)42-33(18-23-6-2-1-3-7-23)37(48)43-34(38(49)50)20-25-12-16-28(45)17-13-25/h1-17,22,30,32-34,40,44-45H,18-21,39H2,(H,41,46)(H,42,47)(H,43,48)(H,49,50). The van der Waals surface area contributed by atoms with Gasteiger partial charge in [-0.1, -0.05) is 72.8 Å². The van der Waals surface area contributed by atoms with Crippen molar-refractivity contribution in [1.29, 1.82) is 0 Å². The van der Waals surface area contributed by atoms with E-state index < -0.39 is 47.9 Å². The molecule has 258 valence electrons. The Bertz CT molecular complexity index is 1930. The lowest BCUT2D eigenvalue weighted by Crippen LogP contribution is -2.58. The van der Waals surface area contributed by atoms with E-state index in [0.29, 0.717) is 16.7 Å². The van der Waals surface area contributed by atoms with Gasteiger partial charge in [0.15, 0.2) is 0 Å². The number of carboxylic acid groups (broad SMARTS) is 1. The van der Waals surface area contributed by atoms with Crippen LogP contribution < -0.4 is 21.7 Å². The van der Waals surface area contributed by atoms with Crippen LogP contribution in [0.4, 0.5) is 0 Å². The molecule has 9 N–H and O–H groups in total. The fourth-order valence-corrected chi connectivity index (χ4v) is 5.66. The number of carbonyl (C=O) groups is 4. The molecule has 0 saturated carbocycles. The van der Waals surface area contributed by atoms with Crippen LogP contribution in [-0.4, -0.2) is 68.2 Å². The molecule has 50 heavy (non-hydrogen) atoms. The van der Waals surface area contributed by atoms with Crippen LogP contribution in [0.3, 0.4) is 0 Å². The Labute approximate surface area is 288 Å². The molecule has 0 spiro atoms. The number of aromatic hydroxyl groups is 2. The molecule has 5 rings (SSSR count). The number of aliphatic carboxylic acids is 1. The maximum Gasteiger partial charge on any atom is 0.326 e. The molecular weight excluding hydrogens is 638 g/mol. The first-order chi connectivity index (χ1) is 24.0. The number of carbonyl (C=O) groups excluding carboxylic acids is 3. The number of phenols is 2. The highest BCUT2D eigenvalue weighted by molar-refractivity contribution is 5.94. The molecule has 0 aliphatic heterocycles. The zero-order chi connectivity index (χ0) is 35.6. The molecule has 4 atom stereocenters. The number of aromatic amines is 1. The average Bonchev–Trinajstić information content (AvgIpc) is 3.52. The van der Waals surface area contributed by atoms with Gasteiger partial charge >= 0.3 is 5.97 Å². The summed E-state index contributed by atoms with van der Waals surface area (Å²) in [5.41, 5.74) is 9.98. The van der Waals surface area contributed by atoms with Gasteiger partial charge < -0.3 is 42.0 Å². The molecule has 4 aromatic carbocycles. The van der Waals surface area contributed by atoms with Crippen LogP contribution in [0.2, 0.25) is 0 Å². The highest BCUT2D eigenvalue weighted by Crippen LogP contribution is 2.19. The molecule has 0 fully saturated rings. The highest BCUT2D eigenvalue weighted by atomic mass is 16.4. The number of nitrogens with one attached hydrogen (secondary N) is 4. The Morgan fingerprint density at radius 2 is 1.04 bits per heavy atom. The number of rotatable bonds is 15. The molecule has 12 heteroatoms. The molecule has 0 bridgehead atoms. The molecule has 5 aromatic rings. The van der Waals surface area contributed by atoms with E-state index in [0.717, 1.165) is 16.5 Å². The van der Waals surface area contributed by atoms with Crippen molar-refractivity contribution in [3.05, 3.63) is 132 Å². The van der Waals surface area contributed by atoms with Gasteiger partial charge in [0.1, 0.15) is 29.6 Å². The number of phenolic OH excluding ortho intramolecular Hbond substituents is 2. The third-order valence-corrected chi connectivity index (χ3v) is 8.37. The lowest BCUT2D eigenvalue weighted by atomic mass is 10.0. The number of H-pyrrole nitrogens is 1. The van der Waals surface area contributed by atoms with Gasteiger partial charge in [0.25, 0.3) is 0 Å². The quantitative estimate of drug-likeness (QED) is 0.0825. The summed E-state index contributed by atoms with van der Waals surface area (Å²) in [6, 6.07) is 23.9. The van der Waals surface area contributed by atoms with Gasteiger partial charge in [-0.05, 0) is 59.0 Å². The van der Waals surface area contributed by atoms with Gasteiger partial charge in [-0.25, -0.2) is 4.79 Å². The van der Waals surface area contributed by atoms with Crippen LogP contribution in [0.15, 0.2) is 109 Å². The summed E-state index contributed by atoms with van der Waals surface area (Å²) >= 11 is 0. The molecular formula is C38H39N5O7. The number of fused-ring (bicyclic) bond motifs is 1. The first kappa shape index (κ1) is 35.2. The summed E-state index contributed by atoms with van der Waals surface area (Å²) in [5.74, 6) is -3.25. The van der Waals surface area contributed by atoms with Crippen LogP contribution >= 0.6 is 0 Å². The van der Waals surface area contributed by atoms with Crippen molar-refractivity contribution in [2.45, 2.75) is 49.9 Å². The van der Waals surface area contributed by atoms with E-state index in [1.807, 2.05) is 24.3 Å². The van der Waals surface area contributed by atoms with Gasteiger partial charge in [-0.3, -0.25) is 14.4 Å². The second kappa shape index (κ2) is 16.3. The van der Waals surface area contributed by atoms with Crippen LogP contribution in [0.5, 0.6) is 11.5 Å². The third-order valence-electron chi connectivity index (χ3n) is 8.37. The molecule has 0 aliphatic carbocycles. The van der Waals surface area contributed by atoms with E-state index in [-0.39, 0.29) is 37.2 Å². The summed E-state index contributed by atoms with van der Waals surface area (Å²) in [4.78, 5) is 56.5. The van der Waals surface area contributed by atoms with E-state index in [4.69, 9.17) is 5.73 Å². The molecule has 12 nitrogen and oxygen atoms in total. The van der Waals surface area contributed by atoms with Crippen molar-refractivity contribution < 1.29 is 34.5 Å². The minimum Gasteiger partial charge on any atom is -0.508 e. The highest BCUT2D eigenvalue weighted by Gasteiger charge is 2.31.